The van der Waals surface area contributed by atoms with Gasteiger partial charge in [0.2, 0.25) is 10.0 Å². The standard InChI is InChI=1S/C14H20N2O3S/c1-4-10(3)13-8-12(20(16,17)18)6-7-14(13)19-11(5-2)9-15/h6-8,10-11H,4-5H2,1-3H3,(H2,16,17,18). The predicted molar refractivity (Wildman–Crippen MR) is 76.8 cm³/mol. The van der Waals surface area contributed by atoms with Crippen LogP contribution in [0.4, 0.5) is 0 Å². The van der Waals surface area contributed by atoms with Crippen LogP contribution in [-0.2, 0) is 10.0 Å². The Labute approximate surface area is 120 Å². The second-order valence-electron chi connectivity index (χ2n) is 4.70. The lowest BCUT2D eigenvalue weighted by Gasteiger charge is -2.18. The van der Waals surface area contributed by atoms with E-state index in [1.165, 1.54) is 12.1 Å². The van der Waals surface area contributed by atoms with Crippen LogP contribution >= 0.6 is 0 Å². The number of rotatable bonds is 6. The minimum Gasteiger partial charge on any atom is -0.475 e. The van der Waals surface area contributed by atoms with Crippen molar-refractivity contribution < 1.29 is 13.2 Å². The quantitative estimate of drug-likeness (QED) is 0.872. The summed E-state index contributed by atoms with van der Waals surface area (Å²) in [6.45, 7) is 5.83. The molecule has 1 aromatic carbocycles. The molecule has 0 saturated heterocycles. The van der Waals surface area contributed by atoms with Gasteiger partial charge in [0.1, 0.15) is 11.8 Å². The Kier molecular flexibility index (Phi) is 5.54. The van der Waals surface area contributed by atoms with Crippen LogP contribution < -0.4 is 9.88 Å². The number of nitriles is 1. The zero-order valence-electron chi connectivity index (χ0n) is 12.0. The highest BCUT2D eigenvalue weighted by Crippen LogP contribution is 2.31. The van der Waals surface area contributed by atoms with Crippen molar-refractivity contribution in [1.29, 1.82) is 5.26 Å². The van der Waals surface area contributed by atoms with E-state index in [2.05, 4.69) is 6.07 Å². The van der Waals surface area contributed by atoms with Crippen molar-refractivity contribution in [2.24, 2.45) is 5.14 Å². The Morgan fingerprint density at radius 3 is 2.45 bits per heavy atom. The first kappa shape index (κ1) is 16.5. The summed E-state index contributed by atoms with van der Waals surface area (Å²) in [4.78, 5) is 0.0603. The summed E-state index contributed by atoms with van der Waals surface area (Å²) in [5.74, 6) is 0.656. The Morgan fingerprint density at radius 1 is 1.35 bits per heavy atom. The molecule has 0 bridgehead atoms. The first-order valence-electron chi connectivity index (χ1n) is 6.56. The molecule has 0 amide bonds. The molecule has 2 N–H and O–H groups in total. The second-order valence-corrected chi connectivity index (χ2v) is 6.26. The third-order valence-electron chi connectivity index (χ3n) is 3.24. The van der Waals surface area contributed by atoms with E-state index in [4.69, 9.17) is 15.1 Å². The van der Waals surface area contributed by atoms with E-state index in [0.717, 1.165) is 12.0 Å². The summed E-state index contributed by atoms with van der Waals surface area (Å²) in [7, 11) is -3.74. The normalized spacial score (nSPS) is 14.3. The molecule has 110 valence electrons. The van der Waals surface area contributed by atoms with Crippen molar-refractivity contribution >= 4 is 10.0 Å². The Balaban J connectivity index is 3.28. The molecular weight excluding hydrogens is 276 g/mol. The zero-order chi connectivity index (χ0) is 15.3. The molecule has 2 unspecified atom stereocenters. The van der Waals surface area contributed by atoms with Gasteiger partial charge in [0, 0.05) is 0 Å². The number of hydrogen-bond donors (Lipinski definition) is 1. The fraction of sp³-hybridized carbons (Fsp3) is 0.500. The van der Waals surface area contributed by atoms with E-state index < -0.39 is 16.1 Å². The van der Waals surface area contributed by atoms with Crippen LogP contribution in [-0.4, -0.2) is 14.5 Å². The van der Waals surface area contributed by atoms with Gasteiger partial charge in [-0.05, 0) is 42.5 Å². The molecule has 0 heterocycles. The molecule has 1 rings (SSSR count). The Hall–Kier alpha value is -1.58. The van der Waals surface area contributed by atoms with Gasteiger partial charge in [-0.25, -0.2) is 13.6 Å². The molecule has 6 heteroatoms. The first-order valence-corrected chi connectivity index (χ1v) is 8.11. The highest BCUT2D eigenvalue weighted by Gasteiger charge is 2.18. The number of ether oxygens (including phenoxy) is 1. The highest BCUT2D eigenvalue weighted by molar-refractivity contribution is 7.89. The molecule has 2 atom stereocenters. The summed E-state index contributed by atoms with van der Waals surface area (Å²) >= 11 is 0. The molecular formula is C14H20N2O3S. The van der Waals surface area contributed by atoms with E-state index in [1.54, 1.807) is 6.07 Å². The molecule has 5 nitrogen and oxygen atoms in total. The lowest BCUT2D eigenvalue weighted by atomic mass is 9.97. The molecule has 0 radical (unpaired) electrons. The van der Waals surface area contributed by atoms with Crippen LogP contribution in [0.3, 0.4) is 0 Å². The Morgan fingerprint density at radius 2 is 2.00 bits per heavy atom. The number of hydrogen-bond acceptors (Lipinski definition) is 4. The largest absolute Gasteiger partial charge is 0.475 e. The van der Waals surface area contributed by atoms with E-state index in [9.17, 15) is 8.42 Å². The van der Waals surface area contributed by atoms with Gasteiger partial charge in [-0.3, -0.25) is 0 Å². The van der Waals surface area contributed by atoms with Crippen molar-refractivity contribution in [2.75, 3.05) is 0 Å². The molecule has 20 heavy (non-hydrogen) atoms. The van der Waals surface area contributed by atoms with Crippen LogP contribution in [0.2, 0.25) is 0 Å². The van der Waals surface area contributed by atoms with Crippen molar-refractivity contribution in [2.45, 2.75) is 50.5 Å². The monoisotopic (exact) mass is 296 g/mol. The SMILES string of the molecule is CCC(C#N)Oc1ccc(S(N)(=O)=O)cc1C(C)CC. The summed E-state index contributed by atoms with van der Waals surface area (Å²) in [5.41, 5.74) is 0.757. The van der Waals surface area contributed by atoms with Crippen molar-refractivity contribution in [1.82, 2.24) is 0 Å². The number of nitrogens with two attached hydrogens (primary N) is 1. The van der Waals surface area contributed by atoms with E-state index in [0.29, 0.717) is 12.2 Å². The number of sulfonamides is 1. The lowest BCUT2D eigenvalue weighted by Crippen LogP contribution is -2.16. The average molecular weight is 296 g/mol. The van der Waals surface area contributed by atoms with Crippen molar-refractivity contribution in [3.05, 3.63) is 23.8 Å². The van der Waals surface area contributed by atoms with Gasteiger partial charge in [0.25, 0.3) is 0 Å². The lowest BCUT2D eigenvalue weighted by molar-refractivity contribution is 0.248. The molecule has 0 saturated carbocycles. The van der Waals surface area contributed by atoms with Gasteiger partial charge in [0.05, 0.1) is 4.90 Å². The third kappa shape index (κ3) is 3.95. The molecule has 0 fully saturated rings. The van der Waals surface area contributed by atoms with Gasteiger partial charge in [-0.15, -0.1) is 0 Å². The minimum absolute atomic E-state index is 0.0603. The molecule has 1 aromatic rings. The van der Waals surface area contributed by atoms with E-state index in [-0.39, 0.29) is 10.8 Å². The van der Waals surface area contributed by atoms with E-state index >= 15 is 0 Å². The van der Waals surface area contributed by atoms with Crippen LogP contribution in [0.25, 0.3) is 0 Å². The maximum atomic E-state index is 11.4. The number of primary sulfonamides is 1. The smallest absolute Gasteiger partial charge is 0.238 e. The molecule has 0 spiro atoms. The van der Waals surface area contributed by atoms with Crippen LogP contribution in [0.5, 0.6) is 5.75 Å². The van der Waals surface area contributed by atoms with E-state index in [1.807, 2.05) is 20.8 Å². The van der Waals surface area contributed by atoms with Crippen molar-refractivity contribution in [3.63, 3.8) is 0 Å². The highest BCUT2D eigenvalue weighted by atomic mass is 32.2. The fourth-order valence-corrected chi connectivity index (χ4v) is 2.32. The topological polar surface area (TPSA) is 93.2 Å². The predicted octanol–water partition coefficient (Wildman–Crippen LogP) is 2.53. The molecule has 0 aliphatic rings. The summed E-state index contributed by atoms with van der Waals surface area (Å²) < 4.78 is 28.5. The zero-order valence-corrected chi connectivity index (χ0v) is 12.8. The average Bonchev–Trinajstić information content (AvgIpc) is 2.42. The summed E-state index contributed by atoms with van der Waals surface area (Å²) in [6.07, 6.45) is 0.847. The van der Waals surface area contributed by atoms with Gasteiger partial charge in [0.15, 0.2) is 6.10 Å². The number of benzene rings is 1. The van der Waals surface area contributed by atoms with Crippen LogP contribution in [0.15, 0.2) is 23.1 Å². The van der Waals surface area contributed by atoms with Gasteiger partial charge < -0.3 is 4.74 Å². The minimum atomic E-state index is -3.74. The van der Waals surface area contributed by atoms with Gasteiger partial charge in [-0.1, -0.05) is 20.8 Å². The summed E-state index contributed by atoms with van der Waals surface area (Å²) in [5, 5.41) is 14.1. The van der Waals surface area contributed by atoms with Gasteiger partial charge >= 0.3 is 0 Å². The Bertz CT molecular complexity index is 605. The summed E-state index contributed by atoms with van der Waals surface area (Å²) in [6, 6.07) is 6.57. The third-order valence-corrected chi connectivity index (χ3v) is 4.15. The van der Waals surface area contributed by atoms with Crippen LogP contribution in [0, 0.1) is 11.3 Å². The molecule has 0 aromatic heterocycles. The molecule has 0 aliphatic heterocycles. The van der Waals surface area contributed by atoms with Crippen molar-refractivity contribution in [3.8, 4) is 11.8 Å². The fourth-order valence-electron chi connectivity index (χ4n) is 1.77. The maximum absolute atomic E-state index is 11.4. The molecule has 0 aliphatic carbocycles. The number of nitrogens with zero attached hydrogens (tertiary/aromatic N) is 1. The van der Waals surface area contributed by atoms with Crippen LogP contribution in [0.1, 0.15) is 45.1 Å². The maximum Gasteiger partial charge on any atom is 0.238 e. The first-order chi connectivity index (χ1) is 9.33. The van der Waals surface area contributed by atoms with Gasteiger partial charge in [-0.2, -0.15) is 5.26 Å². The second kappa shape index (κ2) is 6.73.